The molecule has 2 fully saturated rings. The maximum absolute atomic E-state index is 13.0. The van der Waals surface area contributed by atoms with Crippen molar-refractivity contribution in [3.05, 3.63) is 0 Å². The van der Waals surface area contributed by atoms with Crippen molar-refractivity contribution in [3.63, 3.8) is 0 Å². The van der Waals surface area contributed by atoms with Gasteiger partial charge in [0.1, 0.15) is 6.04 Å². The fourth-order valence-corrected chi connectivity index (χ4v) is 3.62. The molecular weight excluding hydrogens is 314 g/mol. The van der Waals surface area contributed by atoms with E-state index >= 15 is 0 Å². The quantitative estimate of drug-likeness (QED) is 0.852. The molecule has 0 aromatic heterocycles. The lowest BCUT2D eigenvalue weighted by atomic mass is 9.79. The highest BCUT2D eigenvalue weighted by Crippen LogP contribution is 2.29. The van der Waals surface area contributed by atoms with Gasteiger partial charge in [-0.25, -0.2) is 0 Å². The molecule has 2 atom stereocenters. The molecule has 2 heterocycles. The van der Waals surface area contributed by atoms with E-state index < -0.39 is 0 Å². The van der Waals surface area contributed by atoms with E-state index in [1.54, 1.807) is 0 Å². The number of halogens is 1. The highest BCUT2D eigenvalue weighted by Gasteiger charge is 2.40. The van der Waals surface area contributed by atoms with Crippen molar-refractivity contribution in [1.82, 2.24) is 9.80 Å². The van der Waals surface area contributed by atoms with Gasteiger partial charge in [0.05, 0.1) is 0 Å². The first-order valence-corrected chi connectivity index (χ1v) is 8.70. The van der Waals surface area contributed by atoms with E-state index in [0.29, 0.717) is 13.0 Å². The van der Waals surface area contributed by atoms with Crippen LogP contribution in [0.4, 0.5) is 0 Å². The Morgan fingerprint density at radius 3 is 2.48 bits per heavy atom. The maximum Gasteiger partial charge on any atom is 0.245 e. The van der Waals surface area contributed by atoms with Gasteiger partial charge in [0.25, 0.3) is 0 Å². The van der Waals surface area contributed by atoms with Crippen LogP contribution >= 0.6 is 12.4 Å². The smallest absolute Gasteiger partial charge is 0.245 e. The van der Waals surface area contributed by atoms with Crippen LogP contribution in [0.25, 0.3) is 0 Å². The van der Waals surface area contributed by atoms with Crippen LogP contribution in [-0.4, -0.2) is 53.3 Å². The summed E-state index contributed by atoms with van der Waals surface area (Å²) >= 11 is 0. The molecule has 2 rings (SSSR count). The van der Waals surface area contributed by atoms with Gasteiger partial charge in [-0.15, -0.1) is 12.4 Å². The Morgan fingerprint density at radius 1 is 1.17 bits per heavy atom. The van der Waals surface area contributed by atoms with Crippen LogP contribution in [-0.2, 0) is 9.59 Å². The van der Waals surface area contributed by atoms with Crippen LogP contribution < -0.4 is 5.73 Å². The van der Waals surface area contributed by atoms with E-state index in [-0.39, 0.29) is 41.7 Å². The first-order valence-electron chi connectivity index (χ1n) is 8.70. The normalized spacial score (nSPS) is 27.3. The monoisotopic (exact) mass is 345 g/mol. The van der Waals surface area contributed by atoms with Gasteiger partial charge in [-0.3, -0.25) is 9.59 Å². The summed E-state index contributed by atoms with van der Waals surface area (Å²) in [6, 6.07) is -0.112. The van der Waals surface area contributed by atoms with Crippen LogP contribution in [0.15, 0.2) is 0 Å². The number of amides is 2. The lowest BCUT2D eigenvalue weighted by Crippen LogP contribution is -2.59. The Morgan fingerprint density at radius 2 is 1.87 bits per heavy atom. The highest BCUT2D eigenvalue weighted by molar-refractivity contribution is 5.88. The van der Waals surface area contributed by atoms with Gasteiger partial charge >= 0.3 is 0 Å². The summed E-state index contributed by atoms with van der Waals surface area (Å²) in [6.45, 7) is 8.39. The Balaban J connectivity index is 0.00000264. The maximum atomic E-state index is 13.0. The molecule has 5 nitrogen and oxygen atoms in total. The second-order valence-corrected chi connectivity index (χ2v) is 7.49. The van der Waals surface area contributed by atoms with E-state index in [4.69, 9.17) is 5.73 Å². The first-order chi connectivity index (χ1) is 10.4. The summed E-state index contributed by atoms with van der Waals surface area (Å²) in [5.41, 5.74) is 6.11. The average Bonchev–Trinajstić information content (AvgIpc) is 2.49. The Labute approximate surface area is 146 Å². The minimum absolute atomic E-state index is 0. The molecular formula is C17H32ClN3O2. The number of hydrogen-bond acceptors (Lipinski definition) is 3. The standard InChI is InChI=1S/C17H31N3O2.ClH/c1-4-7-15(21)20-10-6-5-8-13(20)16(22)19-11-9-14(18)17(2,3)12-19;/h13-14H,4-12,18H2,1-3H3;1H. The zero-order chi connectivity index (χ0) is 16.3. The van der Waals surface area contributed by atoms with Gasteiger partial charge in [-0.05, 0) is 37.5 Å². The molecule has 0 aromatic rings. The van der Waals surface area contributed by atoms with Crippen molar-refractivity contribution in [2.45, 2.75) is 71.4 Å². The largest absolute Gasteiger partial charge is 0.340 e. The third-order valence-electron chi connectivity index (χ3n) is 5.20. The number of hydrogen-bond donors (Lipinski definition) is 1. The van der Waals surface area contributed by atoms with Gasteiger partial charge in [0.15, 0.2) is 0 Å². The molecule has 2 aliphatic heterocycles. The minimum atomic E-state index is -0.252. The second-order valence-electron chi connectivity index (χ2n) is 7.49. The van der Waals surface area contributed by atoms with Gasteiger partial charge in [-0.2, -0.15) is 0 Å². The SMILES string of the molecule is CCCC(=O)N1CCCCC1C(=O)N1CCC(N)C(C)(C)C1.Cl. The summed E-state index contributed by atoms with van der Waals surface area (Å²) in [5.74, 6) is 0.262. The highest BCUT2D eigenvalue weighted by atomic mass is 35.5. The molecule has 134 valence electrons. The molecule has 0 bridgehead atoms. The molecule has 2 amide bonds. The van der Waals surface area contributed by atoms with E-state index in [9.17, 15) is 9.59 Å². The number of likely N-dealkylation sites (tertiary alicyclic amines) is 2. The third-order valence-corrected chi connectivity index (χ3v) is 5.20. The van der Waals surface area contributed by atoms with Crippen molar-refractivity contribution in [2.24, 2.45) is 11.1 Å². The molecule has 2 aliphatic rings. The predicted octanol–water partition coefficient (Wildman–Crippen LogP) is 2.18. The fraction of sp³-hybridized carbons (Fsp3) is 0.882. The number of rotatable bonds is 3. The van der Waals surface area contributed by atoms with Gasteiger partial charge in [0.2, 0.25) is 11.8 Å². The molecule has 0 radical (unpaired) electrons. The van der Waals surface area contributed by atoms with Crippen LogP contribution in [0.3, 0.4) is 0 Å². The minimum Gasteiger partial charge on any atom is -0.340 e. The number of nitrogens with two attached hydrogens (primary N) is 1. The van der Waals surface area contributed by atoms with Crippen molar-refractivity contribution in [1.29, 1.82) is 0 Å². The lowest BCUT2D eigenvalue weighted by molar-refractivity contribution is -0.149. The molecule has 0 saturated carbocycles. The summed E-state index contributed by atoms with van der Waals surface area (Å²) in [6.07, 6.45) is 5.06. The lowest BCUT2D eigenvalue weighted by Gasteiger charge is -2.45. The van der Waals surface area contributed by atoms with Crippen LogP contribution in [0.5, 0.6) is 0 Å². The molecule has 2 unspecified atom stereocenters. The van der Waals surface area contributed by atoms with E-state index in [2.05, 4.69) is 13.8 Å². The summed E-state index contributed by atoms with van der Waals surface area (Å²) in [5, 5.41) is 0. The number of carbonyl (C=O) groups is 2. The van der Waals surface area contributed by atoms with Gasteiger partial charge < -0.3 is 15.5 Å². The topological polar surface area (TPSA) is 66.6 Å². The summed E-state index contributed by atoms with van der Waals surface area (Å²) in [7, 11) is 0. The number of nitrogens with zero attached hydrogens (tertiary/aromatic N) is 2. The average molecular weight is 346 g/mol. The molecule has 2 N–H and O–H groups in total. The molecule has 0 aliphatic carbocycles. The zero-order valence-corrected chi connectivity index (χ0v) is 15.5. The molecule has 0 aromatic carbocycles. The van der Waals surface area contributed by atoms with Crippen molar-refractivity contribution in [3.8, 4) is 0 Å². The number of piperidine rings is 2. The van der Waals surface area contributed by atoms with Crippen molar-refractivity contribution in [2.75, 3.05) is 19.6 Å². The predicted molar refractivity (Wildman–Crippen MR) is 94.5 cm³/mol. The summed E-state index contributed by atoms with van der Waals surface area (Å²) < 4.78 is 0. The van der Waals surface area contributed by atoms with E-state index in [0.717, 1.165) is 45.2 Å². The summed E-state index contributed by atoms with van der Waals surface area (Å²) in [4.78, 5) is 29.0. The Hall–Kier alpha value is -0.810. The van der Waals surface area contributed by atoms with Crippen LogP contribution in [0.1, 0.15) is 59.3 Å². The Bertz CT molecular complexity index is 428. The molecule has 2 saturated heterocycles. The van der Waals surface area contributed by atoms with Crippen molar-refractivity contribution < 1.29 is 9.59 Å². The molecule has 0 spiro atoms. The van der Waals surface area contributed by atoms with E-state index in [1.165, 1.54) is 0 Å². The molecule has 6 heteroatoms. The van der Waals surface area contributed by atoms with Crippen LogP contribution in [0, 0.1) is 5.41 Å². The third kappa shape index (κ3) is 4.60. The van der Waals surface area contributed by atoms with Crippen molar-refractivity contribution >= 4 is 24.2 Å². The van der Waals surface area contributed by atoms with Crippen LogP contribution in [0.2, 0.25) is 0 Å². The zero-order valence-electron chi connectivity index (χ0n) is 14.7. The fourth-order valence-electron chi connectivity index (χ4n) is 3.62. The molecule has 23 heavy (non-hydrogen) atoms. The first kappa shape index (κ1) is 20.2. The Kier molecular flexibility index (Phi) is 7.33. The van der Waals surface area contributed by atoms with Gasteiger partial charge in [0, 0.05) is 32.1 Å². The van der Waals surface area contributed by atoms with E-state index in [1.807, 2.05) is 16.7 Å². The second kappa shape index (κ2) is 8.34. The number of carbonyl (C=O) groups excluding carboxylic acids is 2. The van der Waals surface area contributed by atoms with Gasteiger partial charge in [-0.1, -0.05) is 20.8 Å².